The molecule has 58 heavy (non-hydrogen) atoms. The number of nitrogens with zero attached hydrogens (tertiary/aromatic N) is 9. The summed E-state index contributed by atoms with van der Waals surface area (Å²) in [6.07, 6.45) is 6.84. The zero-order chi connectivity index (χ0) is 40.3. The van der Waals surface area contributed by atoms with E-state index in [4.69, 9.17) is 14.7 Å². The fraction of sp³-hybridized carbons (Fsp3) is 0.114. The number of imidazole rings is 2. The normalized spacial score (nSPS) is 11.2. The van der Waals surface area contributed by atoms with Gasteiger partial charge in [0.25, 0.3) is 0 Å². The van der Waals surface area contributed by atoms with Crippen molar-refractivity contribution in [2.24, 2.45) is 0 Å². The third kappa shape index (κ3) is 9.24. The molecule has 4 aromatic carbocycles. The lowest BCUT2D eigenvalue weighted by molar-refractivity contribution is 0.239. The van der Waals surface area contributed by atoms with Crippen LogP contribution in [0.5, 0.6) is 23.5 Å². The van der Waals surface area contributed by atoms with Crippen LogP contribution in [0.3, 0.4) is 0 Å². The lowest BCUT2D eigenvalue weighted by atomic mass is 10.1. The first-order valence-electron chi connectivity index (χ1n) is 18.1. The van der Waals surface area contributed by atoms with Crippen LogP contribution in [0, 0.1) is 23.0 Å². The molecule has 1 atom stereocenters. The molecule has 0 spiro atoms. The number of hydrogen-bond donors (Lipinski definition) is 1. The third-order valence-corrected chi connectivity index (χ3v) is 8.73. The monoisotopic (exact) mass is 775 g/mol. The van der Waals surface area contributed by atoms with Crippen LogP contribution >= 0.6 is 0 Å². The Morgan fingerprint density at radius 2 is 1.12 bits per heavy atom. The Hall–Kier alpha value is -7.63. The summed E-state index contributed by atoms with van der Waals surface area (Å²) in [5.74, 6) is 0.612. The van der Waals surface area contributed by atoms with E-state index >= 15 is 0 Å². The first-order valence-corrected chi connectivity index (χ1v) is 18.1. The second kappa shape index (κ2) is 18.3. The molecule has 0 fully saturated rings. The molecule has 4 aromatic heterocycles. The second-order valence-electron chi connectivity index (χ2n) is 12.7. The van der Waals surface area contributed by atoms with Gasteiger partial charge in [0.05, 0.1) is 72.0 Å². The number of nitriles is 1. The Labute approximate surface area is 332 Å². The Balaban J connectivity index is 0.000000177. The summed E-state index contributed by atoms with van der Waals surface area (Å²) < 4.78 is 41.9. The molecule has 0 aliphatic rings. The summed E-state index contributed by atoms with van der Waals surface area (Å²) in [4.78, 5) is 26.4. The Bertz CT molecular complexity index is 2610. The van der Waals surface area contributed by atoms with Crippen molar-refractivity contribution in [3.05, 3.63) is 158 Å². The summed E-state index contributed by atoms with van der Waals surface area (Å²) >= 11 is 0. The molecule has 8 rings (SSSR count). The molecular formula is C44H35F2N9O3. The van der Waals surface area contributed by atoms with E-state index in [0.29, 0.717) is 58.6 Å². The van der Waals surface area contributed by atoms with Gasteiger partial charge in [-0.1, -0.05) is 36.4 Å². The first kappa shape index (κ1) is 38.6. The predicted octanol–water partition coefficient (Wildman–Crippen LogP) is 9.34. The molecule has 14 heteroatoms. The van der Waals surface area contributed by atoms with Crippen LogP contribution in [-0.2, 0) is 6.54 Å². The van der Waals surface area contributed by atoms with Crippen LogP contribution in [-0.4, -0.2) is 50.8 Å². The molecule has 0 bridgehead atoms. The zero-order valence-corrected chi connectivity index (χ0v) is 31.1. The number of aromatic nitrogens is 8. The topological polar surface area (TPSA) is 150 Å². The lowest BCUT2D eigenvalue weighted by Gasteiger charge is -2.15. The Morgan fingerprint density at radius 3 is 1.62 bits per heavy atom. The minimum atomic E-state index is -0.320. The number of benzene rings is 4. The number of halogens is 2. The number of aryl methyl sites for hydroxylation is 1. The number of aliphatic hydroxyl groups is 1. The average Bonchev–Trinajstić information content (AvgIpc) is 3.90. The highest BCUT2D eigenvalue weighted by molar-refractivity contribution is 5.78. The van der Waals surface area contributed by atoms with Crippen molar-refractivity contribution in [1.82, 2.24) is 39.0 Å². The van der Waals surface area contributed by atoms with Crippen LogP contribution in [0.25, 0.3) is 45.3 Å². The highest BCUT2D eigenvalue weighted by atomic mass is 19.1. The predicted molar refractivity (Wildman–Crippen MR) is 212 cm³/mol. The molecule has 12 nitrogen and oxygen atoms in total. The molecule has 0 aliphatic heterocycles. The van der Waals surface area contributed by atoms with Crippen molar-refractivity contribution in [2.45, 2.75) is 25.9 Å². The number of para-hydroxylation sites is 2. The van der Waals surface area contributed by atoms with Gasteiger partial charge in [0.2, 0.25) is 0 Å². The Morgan fingerprint density at radius 1 is 0.638 bits per heavy atom. The highest BCUT2D eigenvalue weighted by Gasteiger charge is 2.21. The first-order chi connectivity index (χ1) is 28.4. The van der Waals surface area contributed by atoms with Gasteiger partial charge in [-0.15, -0.1) is 0 Å². The molecule has 288 valence electrons. The largest absolute Gasteiger partial charge is 0.424 e. The van der Waals surface area contributed by atoms with Crippen LogP contribution in [0.15, 0.2) is 146 Å². The van der Waals surface area contributed by atoms with Gasteiger partial charge < -0.3 is 23.7 Å². The quantitative estimate of drug-likeness (QED) is 0.127. The minimum Gasteiger partial charge on any atom is -0.424 e. The highest BCUT2D eigenvalue weighted by Crippen LogP contribution is 2.34. The van der Waals surface area contributed by atoms with Crippen molar-refractivity contribution >= 4 is 0 Å². The number of rotatable bonds is 12. The maximum atomic E-state index is 13.4. The van der Waals surface area contributed by atoms with Crippen molar-refractivity contribution < 1.29 is 23.4 Å². The van der Waals surface area contributed by atoms with Crippen LogP contribution in [0.2, 0.25) is 0 Å². The molecule has 8 aromatic rings. The maximum absolute atomic E-state index is 13.4. The second-order valence-corrected chi connectivity index (χ2v) is 12.7. The molecule has 0 aliphatic carbocycles. The molecule has 0 saturated heterocycles. The van der Waals surface area contributed by atoms with Crippen molar-refractivity contribution in [1.29, 1.82) is 5.26 Å². The smallest absolute Gasteiger partial charge is 0.322 e. The SMILES string of the molecule is CC(CO)n1cnc(-c2ccc(F)cc2)c1-c1ccnc(Oc2ccccc2)n1.N#CCCn1cnc(-c2ccc(F)cc2)c1-c1ccnc(Oc2ccccc2)n1. The van der Waals surface area contributed by atoms with E-state index in [2.05, 4.69) is 36.0 Å². The molecule has 0 amide bonds. The van der Waals surface area contributed by atoms with Gasteiger partial charge >= 0.3 is 12.0 Å². The van der Waals surface area contributed by atoms with Gasteiger partial charge in [-0.2, -0.15) is 15.2 Å². The van der Waals surface area contributed by atoms with E-state index in [9.17, 15) is 13.9 Å². The molecule has 1 unspecified atom stereocenters. The molecule has 0 saturated carbocycles. The fourth-order valence-corrected chi connectivity index (χ4v) is 5.90. The summed E-state index contributed by atoms with van der Waals surface area (Å²) in [5.41, 5.74) is 5.37. The fourth-order valence-electron chi connectivity index (χ4n) is 5.90. The van der Waals surface area contributed by atoms with Crippen LogP contribution in [0.1, 0.15) is 19.4 Å². The van der Waals surface area contributed by atoms with Gasteiger partial charge in [-0.05, 0) is 91.9 Å². The number of ether oxygens (including phenoxy) is 2. The summed E-state index contributed by atoms with van der Waals surface area (Å²) in [5, 5.41) is 18.7. The third-order valence-electron chi connectivity index (χ3n) is 8.73. The lowest BCUT2D eigenvalue weighted by Crippen LogP contribution is -2.10. The molecule has 4 heterocycles. The van der Waals surface area contributed by atoms with E-state index in [1.165, 1.54) is 24.3 Å². The van der Waals surface area contributed by atoms with Gasteiger partial charge in [-0.25, -0.2) is 28.7 Å². The van der Waals surface area contributed by atoms with E-state index in [1.54, 1.807) is 61.4 Å². The summed E-state index contributed by atoms with van der Waals surface area (Å²) in [7, 11) is 0. The van der Waals surface area contributed by atoms with E-state index < -0.39 is 0 Å². The van der Waals surface area contributed by atoms with E-state index in [-0.39, 0.29) is 36.3 Å². The van der Waals surface area contributed by atoms with Crippen molar-refractivity contribution in [2.75, 3.05) is 6.61 Å². The van der Waals surface area contributed by atoms with E-state index in [1.807, 2.05) is 76.7 Å². The number of hydrogen-bond acceptors (Lipinski definition) is 10. The van der Waals surface area contributed by atoms with Crippen LogP contribution < -0.4 is 9.47 Å². The molecule has 0 radical (unpaired) electrons. The van der Waals surface area contributed by atoms with Crippen molar-refractivity contribution in [3.8, 4) is 74.9 Å². The molecule has 1 N–H and O–H groups in total. The van der Waals surface area contributed by atoms with E-state index in [0.717, 1.165) is 11.1 Å². The van der Waals surface area contributed by atoms with Crippen molar-refractivity contribution in [3.63, 3.8) is 0 Å². The standard InChI is InChI=1S/C22H16FN5O.C22H19FN4O2/c23-17-9-7-16(8-10-17)20-21(28(15-26-20)14-4-12-24)19-11-13-25-22(27-19)29-18-5-2-1-3-6-18;1-15(13-28)27-14-25-20(16-7-9-17(23)10-8-16)21(27)19-11-12-24-22(26-19)29-18-5-3-2-4-6-18/h1-3,5-11,13,15H,4,14H2;2-12,14-15,28H,13H2,1H3. The maximum Gasteiger partial charge on any atom is 0.322 e. The summed E-state index contributed by atoms with van der Waals surface area (Å²) in [6, 6.07) is 36.5. The van der Waals surface area contributed by atoms with Crippen LogP contribution in [0.4, 0.5) is 8.78 Å². The van der Waals surface area contributed by atoms with Gasteiger partial charge in [0.1, 0.15) is 23.1 Å². The minimum absolute atomic E-state index is 0.0648. The summed E-state index contributed by atoms with van der Waals surface area (Å²) in [6.45, 7) is 2.27. The van der Waals surface area contributed by atoms with Gasteiger partial charge in [0, 0.05) is 30.1 Å². The Kier molecular flexibility index (Phi) is 12.2. The van der Waals surface area contributed by atoms with Gasteiger partial charge in [-0.3, -0.25) is 0 Å². The van der Waals surface area contributed by atoms with Gasteiger partial charge in [0.15, 0.2) is 0 Å². The average molecular weight is 776 g/mol. The zero-order valence-electron chi connectivity index (χ0n) is 31.1. The number of aliphatic hydroxyl groups excluding tert-OH is 1. The molecular weight excluding hydrogens is 741 g/mol.